The monoisotopic (exact) mass is 429 g/mol. The molecule has 0 aliphatic carbocycles. The summed E-state index contributed by atoms with van der Waals surface area (Å²) in [6.45, 7) is 9.90. The van der Waals surface area contributed by atoms with Gasteiger partial charge in [-0.15, -0.1) is 0 Å². The molecule has 2 aromatic rings. The molecule has 30 heavy (non-hydrogen) atoms. The first kappa shape index (κ1) is 23.9. The van der Waals surface area contributed by atoms with Crippen molar-refractivity contribution in [1.29, 1.82) is 0 Å². The van der Waals surface area contributed by atoms with Gasteiger partial charge in [-0.1, -0.05) is 75.7 Å². The lowest BCUT2D eigenvalue weighted by molar-refractivity contribution is -0.151. The van der Waals surface area contributed by atoms with E-state index in [4.69, 9.17) is 16.3 Å². The van der Waals surface area contributed by atoms with Gasteiger partial charge in [-0.25, -0.2) is 0 Å². The highest BCUT2D eigenvalue weighted by Gasteiger charge is 2.26. The van der Waals surface area contributed by atoms with Crippen LogP contribution in [-0.4, -0.2) is 18.5 Å². The first-order chi connectivity index (χ1) is 14.2. The largest absolute Gasteiger partial charge is 0.455 e. The standard InChI is InChI=1S/C25H32ClNO3/c1-16(2)14-19-6-8-20(9-7-19)18(5)27-23(28)15-30-25(29)24(17(3)4)21-10-12-22(26)13-11-21/h6-13,16-18,24H,14-15H2,1-5H3,(H,27,28)/t18-,24-/m1/s1. The van der Waals surface area contributed by atoms with E-state index in [0.29, 0.717) is 10.9 Å². The molecule has 0 aliphatic rings. The van der Waals surface area contributed by atoms with Crippen LogP contribution in [0.25, 0.3) is 0 Å². The maximum atomic E-state index is 12.6. The molecule has 2 atom stereocenters. The number of halogens is 1. The van der Waals surface area contributed by atoms with Crippen molar-refractivity contribution in [2.75, 3.05) is 6.61 Å². The van der Waals surface area contributed by atoms with Crippen molar-refractivity contribution in [3.05, 3.63) is 70.2 Å². The fourth-order valence-corrected chi connectivity index (χ4v) is 3.60. The zero-order valence-corrected chi connectivity index (χ0v) is 19.2. The summed E-state index contributed by atoms with van der Waals surface area (Å²) in [6, 6.07) is 15.2. The summed E-state index contributed by atoms with van der Waals surface area (Å²) < 4.78 is 5.33. The van der Waals surface area contributed by atoms with Crippen LogP contribution in [0.2, 0.25) is 5.02 Å². The number of carbonyl (C=O) groups is 2. The second kappa shape index (κ2) is 11.2. The Morgan fingerprint density at radius 3 is 2.00 bits per heavy atom. The number of rotatable bonds is 9. The van der Waals surface area contributed by atoms with Crippen LogP contribution >= 0.6 is 11.6 Å². The van der Waals surface area contributed by atoms with Crippen molar-refractivity contribution in [2.45, 2.75) is 53.0 Å². The molecule has 0 spiro atoms. The van der Waals surface area contributed by atoms with Gasteiger partial charge in [-0.05, 0) is 54.0 Å². The second-order valence-electron chi connectivity index (χ2n) is 8.51. The number of hydrogen-bond acceptors (Lipinski definition) is 3. The Balaban J connectivity index is 1.90. The predicted molar refractivity (Wildman–Crippen MR) is 122 cm³/mol. The van der Waals surface area contributed by atoms with Gasteiger partial charge in [-0.3, -0.25) is 9.59 Å². The molecule has 0 unspecified atom stereocenters. The van der Waals surface area contributed by atoms with Gasteiger partial charge in [0.2, 0.25) is 0 Å². The van der Waals surface area contributed by atoms with Crippen molar-refractivity contribution in [2.24, 2.45) is 11.8 Å². The average molecular weight is 430 g/mol. The summed E-state index contributed by atoms with van der Waals surface area (Å²) in [5.74, 6) is -0.537. The minimum Gasteiger partial charge on any atom is -0.455 e. The maximum Gasteiger partial charge on any atom is 0.314 e. The Morgan fingerprint density at radius 1 is 0.900 bits per heavy atom. The fraction of sp³-hybridized carbons (Fsp3) is 0.440. The van der Waals surface area contributed by atoms with Crippen LogP contribution in [0.15, 0.2) is 48.5 Å². The summed E-state index contributed by atoms with van der Waals surface area (Å²) in [4.78, 5) is 24.9. The van der Waals surface area contributed by atoms with E-state index in [9.17, 15) is 9.59 Å². The number of nitrogens with one attached hydrogen (secondary N) is 1. The molecule has 162 valence electrons. The molecule has 0 aliphatic heterocycles. The molecule has 0 saturated carbocycles. The number of esters is 1. The van der Waals surface area contributed by atoms with Gasteiger partial charge in [0, 0.05) is 5.02 Å². The topological polar surface area (TPSA) is 55.4 Å². The van der Waals surface area contributed by atoms with Gasteiger partial charge >= 0.3 is 5.97 Å². The van der Waals surface area contributed by atoms with Crippen molar-refractivity contribution in [3.63, 3.8) is 0 Å². The highest BCUT2D eigenvalue weighted by Crippen LogP contribution is 2.27. The van der Waals surface area contributed by atoms with Gasteiger partial charge < -0.3 is 10.1 Å². The molecule has 0 aromatic heterocycles. The van der Waals surface area contributed by atoms with Crippen LogP contribution in [-0.2, 0) is 20.7 Å². The van der Waals surface area contributed by atoms with E-state index < -0.39 is 11.9 Å². The lowest BCUT2D eigenvalue weighted by Gasteiger charge is -2.20. The van der Waals surface area contributed by atoms with Crippen molar-refractivity contribution in [1.82, 2.24) is 5.32 Å². The van der Waals surface area contributed by atoms with Crippen molar-refractivity contribution < 1.29 is 14.3 Å². The van der Waals surface area contributed by atoms with E-state index in [1.165, 1.54) is 5.56 Å². The molecule has 0 saturated heterocycles. The second-order valence-corrected chi connectivity index (χ2v) is 8.95. The number of hydrogen-bond donors (Lipinski definition) is 1. The minimum absolute atomic E-state index is 0.0324. The van der Waals surface area contributed by atoms with Crippen LogP contribution < -0.4 is 5.32 Å². The van der Waals surface area contributed by atoms with Crippen LogP contribution in [0.3, 0.4) is 0 Å². The Kier molecular flexibility index (Phi) is 8.91. The molecule has 2 rings (SSSR count). The Labute approximate surface area is 185 Å². The molecule has 4 nitrogen and oxygen atoms in total. The van der Waals surface area contributed by atoms with Crippen LogP contribution in [0.4, 0.5) is 0 Å². The third kappa shape index (κ3) is 7.17. The molecule has 1 amide bonds. The average Bonchev–Trinajstić information content (AvgIpc) is 2.68. The smallest absolute Gasteiger partial charge is 0.314 e. The van der Waals surface area contributed by atoms with E-state index in [1.54, 1.807) is 12.1 Å². The zero-order valence-electron chi connectivity index (χ0n) is 18.4. The predicted octanol–water partition coefficient (Wildman–Crippen LogP) is 5.70. The van der Waals surface area contributed by atoms with Gasteiger partial charge in [0.1, 0.15) is 0 Å². The van der Waals surface area contributed by atoms with E-state index in [-0.39, 0.29) is 24.5 Å². The molecule has 1 N–H and O–H groups in total. The fourth-order valence-electron chi connectivity index (χ4n) is 3.47. The van der Waals surface area contributed by atoms with Gasteiger partial charge in [0.15, 0.2) is 6.61 Å². The van der Waals surface area contributed by atoms with Gasteiger partial charge in [0.25, 0.3) is 5.91 Å². The Morgan fingerprint density at radius 2 is 1.47 bits per heavy atom. The number of ether oxygens (including phenoxy) is 1. The zero-order chi connectivity index (χ0) is 22.3. The number of carbonyl (C=O) groups excluding carboxylic acids is 2. The first-order valence-corrected chi connectivity index (χ1v) is 10.9. The number of benzene rings is 2. The third-order valence-corrected chi connectivity index (χ3v) is 5.25. The van der Waals surface area contributed by atoms with E-state index in [2.05, 4.69) is 31.3 Å². The minimum atomic E-state index is -0.444. The molecule has 0 heterocycles. The van der Waals surface area contributed by atoms with E-state index in [0.717, 1.165) is 17.5 Å². The quantitative estimate of drug-likeness (QED) is 0.520. The highest BCUT2D eigenvalue weighted by molar-refractivity contribution is 6.30. The van der Waals surface area contributed by atoms with Gasteiger partial charge in [0.05, 0.1) is 12.0 Å². The van der Waals surface area contributed by atoms with Crippen molar-refractivity contribution >= 4 is 23.5 Å². The third-order valence-electron chi connectivity index (χ3n) is 5.00. The lowest BCUT2D eigenvalue weighted by Crippen LogP contribution is -2.32. The first-order valence-electron chi connectivity index (χ1n) is 10.5. The van der Waals surface area contributed by atoms with Crippen molar-refractivity contribution in [3.8, 4) is 0 Å². The SMILES string of the molecule is CC(C)Cc1ccc([C@@H](C)NC(=O)COC(=O)[C@@H](c2ccc(Cl)cc2)C(C)C)cc1. The van der Waals surface area contributed by atoms with E-state index >= 15 is 0 Å². The normalized spacial score (nSPS) is 13.2. The van der Waals surface area contributed by atoms with E-state index in [1.807, 2.05) is 45.0 Å². The summed E-state index contributed by atoms with van der Waals surface area (Å²) in [7, 11) is 0. The number of amides is 1. The van der Waals surface area contributed by atoms with Gasteiger partial charge in [-0.2, -0.15) is 0 Å². The molecule has 0 bridgehead atoms. The molecular weight excluding hydrogens is 398 g/mol. The lowest BCUT2D eigenvalue weighted by atomic mass is 9.88. The summed E-state index contributed by atoms with van der Waals surface area (Å²) in [6.07, 6.45) is 1.03. The van der Waals surface area contributed by atoms with Crippen LogP contribution in [0.5, 0.6) is 0 Å². The van der Waals surface area contributed by atoms with Crippen LogP contribution in [0, 0.1) is 11.8 Å². The molecule has 0 radical (unpaired) electrons. The summed E-state index contributed by atoms with van der Waals surface area (Å²) in [5.41, 5.74) is 3.13. The molecule has 2 aromatic carbocycles. The maximum absolute atomic E-state index is 12.6. The molecular formula is C25H32ClNO3. The Bertz CT molecular complexity index is 828. The summed E-state index contributed by atoms with van der Waals surface area (Å²) >= 11 is 5.94. The Hall–Kier alpha value is -2.33. The highest BCUT2D eigenvalue weighted by atomic mass is 35.5. The van der Waals surface area contributed by atoms with Crippen LogP contribution in [0.1, 0.15) is 63.3 Å². The summed E-state index contributed by atoms with van der Waals surface area (Å²) in [5, 5.41) is 3.50. The molecule has 5 heteroatoms. The molecule has 0 fully saturated rings.